The van der Waals surface area contributed by atoms with Crippen molar-refractivity contribution >= 4 is 32.7 Å². The summed E-state index contributed by atoms with van der Waals surface area (Å²) in [6.07, 6.45) is 5.75. The smallest absolute Gasteiger partial charge is 0.408 e. The molecule has 0 bridgehead atoms. The molecule has 11 nitrogen and oxygen atoms in total. The van der Waals surface area contributed by atoms with E-state index in [1.165, 1.54) is 22.5 Å². The molecule has 174 valence electrons. The van der Waals surface area contributed by atoms with Crippen LogP contribution >= 0.6 is 0 Å². The number of aryl methyl sites for hydroxylation is 2. The molecule has 6 rings (SSSR count). The van der Waals surface area contributed by atoms with Crippen LogP contribution in [0.5, 0.6) is 0 Å². The quantitative estimate of drug-likeness (QED) is 0.404. The van der Waals surface area contributed by atoms with Gasteiger partial charge in [-0.05, 0) is 49.4 Å². The van der Waals surface area contributed by atoms with Crippen LogP contribution in [0, 0.1) is 0 Å². The zero-order valence-electron chi connectivity index (χ0n) is 17.9. The first kappa shape index (κ1) is 20.8. The SMILES string of the molecule is O=C(Nc1cnc2c(c1)CCCC2)c1n[nH]c2c1CN(S(=O)(=O)c1ccc3[nH]c(=O)oc3c1)C2. The highest BCUT2D eigenvalue weighted by Crippen LogP contribution is 2.31. The summed E-state index contributed by atoms with van der Waals surface area (Å²) < 4.78 is 32.7. The topological polar surface area (TPSA) is 154 Å². The van der Waals surface area contributed by atoms with Gasteiger partial charge in [-0.25, -0.2) is 13.2 Å². The van der Waals surface area contributed by atoms with Gasteiger partial charge in [-0.3, -0.25) is 19.9 Å². The summed E-state index contributed by atoms with van der Waals surface area (Å²) in [5.74, 6) is -1.08. The third-order valence-electron chi connectivity index (χ3n) is 6.29. The zero-order valence-corrected chi connectivity index (χ0v) is 18.7. The Kier molecular flexibility index (Phi) is 4.67. The van der Waals surface area contributed by atoms with E-state index in [0.717, 1.165) is 36.9 Å². The van der Waals surface area contributed by atoms with Crippen molar-refractivity contribution in [2.75, 3.05) is 5.32 Å². The molecule has 0 saturated carbocycles. The number of anilines is 1. The number of amides is 1. The number of H-pyrrole nitrogens is 2. The van der Waals surface area contributed by atoms with Crippen LogP contribution in [-0.4, -0.2) is 38.8 Å². The van der Waals surface area contributed by atoms with E-state index >= 15 is 0 Å². The molecule has 4 aromatic rings. The van der Waals surface area contributed by atoms with Gasteiger partial charge >= 0.3 is 5.76 Å². The lowest BCUT2D eigenvalue weighted by molar-refractivity contribution is 0.102. The molecule has 2 aliphatic rings. The minimum Gasteiger partial charge on any atom is -0.408 e. The van der Waals surface area contributed by atoms with Crippen molar-refractivity contribution in [1.29, 1.82) is 0 Å². The summed E-state index contributed by atoms with van der Waals surface area (Å²) in [6.45, 7) is 0.0436. The number of aromatic nitrogens is 4. The van der Waals surface area contributed by atoms with E-state index in [4.69, 9.17) is 4.42 Å². The Morgan fingerprint density at radius 2 is 2.00 bits per heavy atom. The molecule has 0 fully saturated rings. The van der Waals surface area contributed by atoms with Crippen LogP contribution in [0.15, 0.2) is 44.6 Å². The van der Waals surface area contributed by atoms with Crippen molar-refractivity contribution in [3.63, 3.8) is 0 Å². The third kappa shape index (κ3) is 3.42. The van der Waals surface area contributed by atoms with Gasteiger partial charge in [0.2, 0.25) is 10.0 Å². The van der Waals surface area contributed by atoms with Crippen molar-refractivity contribution in [2.45, 2.75) is 43.7 Å². The fourth-order valence-electron chi connectivity index (χ4n) is 4.55. The summed E-state index contributed by atoms with van der Waals surface area (Å²) in [5, 5.41) is 9.75. The molecule has 0 unspecified atom stereocenters. The average molecular weight is 481 g/mol. The second-order valence-electron chi connectivity index (χ2n) is 8.47. The highest BCUT2D eigenvalue weighted by Gasteiger charge is 2.35. The lowest BCUT2D eigenvalue weighted by Gasteiger charge is -2.16. The molecular formula is C22H20N6O5S. The van der Waals surface area contributed by atoms with E-state index in [1.807, 2.05) is 6.07 Å². The predicted octanol–water partition coefficient (Wildman–Crippen LogP) is 2.07. The molecule has 4 heterocycles. The largest absolute Gasteiger partial charge is 0.417 e. The van der Waals surface area contributed by atoms with Gasteiger partial charge in [-0.15, -0.1) is 0 Å². The molecule has 1 aliphatic carbocycles. The second kappa shape index (κ2) is 7.64. The number of nitrogens with one attached hydrogen (secondary N) is 3. The lowest BCUT2D eigenvalue weighted by Crippen LogP contribution is -2.26. The van der Waals surface area contributed by atoms with Crippen LogP contribution in [0.2, 0.25) is 0 Å². The summed E-state index contributed by atoms with van der Waals surface area (Å²) in [6, 6.07) is 6.14. The second-order valence-corrected chi connectivity index (χ2v) is 10.4. The van der Waals surface area contributed by atoms with Gasteiger partial charge in [0.05, 0.1) is 34.5 Å². The molecular weight excluding hydrogens is 460 g/mol. The molecule has 3 aromatic heterocycles. The molecule has 3 N–H and O–H groups in total. The number of aromatic amines is 2. The van der Waals surface area contributed by atoms with Crippen LogP contribution in [0.4, 0.5) is 5.69 Å². The maximum atomic E-state index is 13.2. The molecule has 0 radical (unpaired) electrons. The number of oxazole rings is 1. The van der Waals surface area contributed by atoms with Gasteiger partial charge in [-0.2, -0.15) is 9.40 Å². The summed E-state index contributed by atoms with van der Waals surface area (Å²) in [5.41, 5.74) is 4.61. The lowest BCUT2D eigenvalue weighted by atomic mass is 9.96. The van der Waals surface area contributed by atoms with E-state index in [1.54, 1.807) is 6.20 Å². The zero-order chi connectivity index (χ0) is 23.4. The minimum absolute atomic E-state index is 0.00548. The maximum absolute atomic E-state index is 13.2. The molecule has 34 heavy (non-hydrogen) atoms. The number of nitrogens with zero attached hydrogens (tertiary/aromatic N) is 3. The Labute approximate surface area is 193 Å². The summed E-state index contributed by atoms with van der Waals surface area (Å²) >= 11 is 0. The number of hydrogen-bond acceptors (Lipinski definition) is 7. The fourth-order valence-corrected chi connectivity index (χ4v) is 5.94. The van der Waals surface area contributed by atoms with Crippen LogP contribution in [-0.2, 0) is 36.0 Å². The van der Waals surface area contributed by atoms with Crippen molar-refractivity contribution in [1.82, 2.24) is 24.5 Å². The van der Waals surface area contributed by atoms with E-state index < -0.39 is 21.7 Å². The number of sulfonamides is 1. The van der Waals surface area contributed by atoms with Gasteiger partial charge in [0.25, 0.3) is 5.91 Å². The number of benzene rings is 1. The normalized spacial score (nSPS) is 15.9. The Morgan fingerprint density at radius 1 is 1.15 bits per heavy atom. The van der Waals surface area contributed by atoms with Gasteiger partial charge in [0, 0.05) is 23.9 Å². The highest BCUT2D eigenvalue weighted by molar-refractivity contribution is 7.89. The van der Waals surface area contributed by atoms with Crippen molar-refractivity contribution in [3.05, 3.63) is 69.2 Å². The van der Waals surface area contributed by atoms with Gasteiger partial charge < -0.3 is 9.73 Å². The number of carbonyl (C=O) groups excluding carboxylic acids is 1. The Bertz CT molecular complexity index is 1620. The monoisotopic (exact) mass is 480 g/mol. The van der Waals surface area contributed by atoms with Crippen LogP contribution in [0.1, 0.15) is 45.8 Å². The molecule has 0 atom stereocenters. The number of rotatable bonds is 4. The van der Waals surface area contributed by atoms with Crippen LogP contribution in [0.3, 0.4) is 0 Å². The number of fused-ring (bicyclic) bond motifs is 3. The van der Waals surface area contributed by atoms with Gasteiger partial charge in [0.1, 0.15) is 0 Å². The van der Waals surface area contributed by atoms with Crippen LogP contribution < -0.4 is 11.1 Å². The first-order chi connectivity index (χ1) is 16.4. The first-order valence-electron chi connectivity index (χ1n) is 10.9. The van der Waals surface area contributed by atoms with E-state index in [9.17, 15) is 18.0 Å². The molecule has 1 aromatic carbocycles. The first-order valence-corrected chi connectivity index (χ1v) is 12.3. The Morgan fingerprint density at radius 3 is 2.88 bits per heavy atom. The minimum atomic E-state index is -3.90. The average Bonchev–Trinajstić information content (AvgIpc) is 3.51. The highest BCUT2D eigenvalue weighted by atomic mass is 32.2. The van der Waals surface area contributed by atoms with Crippen molar-refractivity contribution < 1.29 is 17.6 Å². The standard InChI is InChI=1S/C22H20N6O5S/c29-21(24-13-7-12-3-1-2-4-16(12)23-9-13)20-15-10-28(11-18(15)26-27-20)34(31,32)14-5-6-17-19(8-14)33-22(30)25-17/h5-9H,1-4,10-11H2,(H,24,29)(H,25,30)(H,26,27). The van der Waals surface area contributed by atoms with Gasteiger partial charge in [0.15, 0.2) is 11.3 Å². The molecule has 0 saturated heterocycles. The molecule has 1 aliphatic heterocycles. The fraction of sp³-hybridized carbons (Fsp3) is 0.273. The number of carbonyl (C=O) groups is 1. The number of pyridine rings is 1. The molecule has 0 spiro atoms. The number of hydrogen-bond donors (Lipinski definition) is 3. The Hall–Kier alpha value is -3.77. The van der Waals surface area contributed by atoms with E-state index in [2.05, 4.69) is 25.5 Å². The molecule has 1 amide bonds. The van der Waals surface area contributed by atoms with Crippen LogP contribution in [0.25, 0.3) is 11.1 Å². The maximum Gasteiger partial charge on any atom is 0.417 e. The van der Waals surface area contributed by atoms with E-state index in [-0.39, 0.29) is 29.3 Å². The Balaban J connectivity index is 1.23. The predicted molar refractivity (Wildman–Crippen MR) is 121 cm³/mol. The summed E-state index contributed by atoms with van der Waals surface area (Å²) in [7, 11) is -3.90. The summed E-state index contributed by atoms with van der Waals surface area (Å²) in [4.78, 5) is 31.3. The van der Waals surface area contributed by atoms with Gasteiger partial charge in [-0.1, -0.05) is 0 Å². The molecule has 12 heteroatoms. The van der Waals surface area contributed by atoms with Crippen molar-refractivity contribution in [2.24, 2.45) is 0 Å². The van der Waals surface area contributed by atoms with Crippen molar-refractivity contribution in [3.8, 4) is 0 Å². The van der Waals surface area contributed by atoms with E-state index in [0.29, 0.717) is 22.5 Å². The third-order valence-corrected chi connectivity index (χ3v) is 8.08.